The number of carbonyl (C=O) groups is 1. The highest BCUT2D eigenvalue weighted by Gasteiger charge is 2.16. The molecule has 4 nitrogen and oxygen atoms in total. The fourth-order valence-electron chi connectivity index (χ4n) is 1.88. The number of carboxylic acid groups (broad SMARTS) is 1. The van der Waals surface area contributed by atoms with Crippen LogP contribution in [0.15, 0.2) is 30.5 Å². The summed E-state index contributed by atoms with van der Waals surface area (Å²) in [6.07, 6.45) is 0.652. The summed E-state index contributed by atoms with van der Waals surface area (Å²) < 4.78 is 1.93. The van der Waals surface area contributed by atoms with Crippen LogP contribution < -0.4 is 0 Å². The number of aliphatic hydroxyl groups is 1. The largest absolute Gasteiger partial charge is 0.479 e. The van der Waals surface area contributed by atoms with Crippen molar-refractivity contribution in [3.8, 4) is 0 Å². The molecule has 0 fully saturated rings. The summed E-state index contributed by atoms with van der Waals surface area (Å²) in [4.78, 5) is 10.6. The van der Waals surface area contributed by atoms with Gasteiger partial charge in [-0.05, 0) is 11.6 Å². The fraction of sp³-hybridized carbons (Fsp3) is 0.250. The van der Waals surface area contributed by atoms with Gasteiger partial charge in [-0.1, -0.05) is 18.2 Å². The van der Waals surface area contributed by atoms with Gasteiger partial charge in [-0.15, -0.1) is 0 Å². The summed E-state index contributed by atoms with van der Waals surface area (Å²) in [6, 6.07) is 7.73. The van der Waals surface area contributed by atoms with E-state index in [1.807, 2.05) is 42.1 Å². The van der Waals surface area contributed by atoms with Crippen LogP contribution in [0.2, 0.25) is 0 Å². The molecule has 84 valence electrons. The lowest BCUT2D eigenvalue weighted by Gasteiger charge is -2.03. The van der Waals surface area contributed by atoms with Crippen molar-refractivity contribution in [1.29, 1.82) is 0 Å². The van der Waals surface area contributed by atoms with Crippen LogP contribution in [0.25, 0.3) is 10.9 Å². The molecule has 0 aliphatic rings. The summed E-state index contributed by atoms with van der Waals surface area (Å²) in [5.74, 6) is -1.19. The molecule has 1 unspecified atom stereocenters. The second kappa shape index (κ2) is 3.98. The maximum absolute atomic E-state index is 10.6. The van der Waals surface area contributed by atoms with Crippen molar-refractivity contribution in [1.82, 2.24) is 4.57 Å². The summed E-state index contributed by atoms with van der Waals surface area (Å²) >= 11 is 0. The first kappa shape index (κ1) is 10.7. The van der Waals surface area contributed by atoms with Crippen LogP contribution in [-0.2, 0) is 18.3 Å². The molecule has 16 heavy (non-hydrogen) atoms. The number of aryl methyl sites for hydroxylation is 1. The van der Waals surface area contributed by atoms with Gasteiger partial charge in [-0.25, -0.2) is 4.79 Å². The average Bonchev–Trinajstić information content (AvgIpc) is 2.57. The number of hydrogen-bond donors (Lipinski definition) is 2. The minimum atomic E-state index is -1.34. The van der Waals surface area contributed by atoms with Crippen LogP contribution in [0.4, 0.5) is 0 Å². The SMILES string of the molecule is Cn1cc(CC(O)C(=O)O)c2ccccc21. The van der Waals surface area contributed by atoms with E-state index in [1.165, 1.54) is 0 Å². The Hall–Kier alpha value is -1.81. The molecule has 0 bridgehead atoms. The van der Waals surface area contributed by atoms with Crippen molar-refractivity contribution in [2.45, 2.75) is 12.5 Å². The van der Waals surface area contributed by atoms with Crippen molar-refractivity contribution in [3.05, 3.63) is 36.0 Å². The Labute approximate surface area is 92.7 Å². The molecule has 0 amide bonds. The lowest BCUT2D eigenvalue weighted by atomic mass is 10.1. The first-order chi connectivity index (χ1) is 7.59. The van der Waals surface area contributed by atoms with Crippen LogP contribution in [0.1, 0.15) is 5.56 Å². The third-order valence-electron chi connectivity index (χ3n) is 2.68. The van der Waals surface area contributed by atoms with Crippen LogP contribution >= 0.6 is 0 Å². The molecule has 4 heteroatoms. The zero-order chi connectivity index (χ0) is 11.7. The van der Waals surface area contributed by atoms with E-state index in [1.54, 1.807) is 0 Å². The topological polar surface area (TPSA) is 62.5 Å². The van der Waals surface area contributed by atoms with Crippen molar-refractivity contribution >= 4 is 16.9 Å². The van der Waals surface area contributed by atoms with Crippen LogP contribution in [0, 0.1) is 0 Å². The van der Waals surface area contributed by atoms with E-state index in [0.29, 0.717) is 0 Å². The number of nitrogens with zero attached hydrogens (tertiary/aromatic N) is 1. The van der Waals surface area contributed by atoms with E-state index in [-0.39, 0.29) is 6.42 Å². The minimum absolute atomic E-state index is 0.136. The Kier molecular flexibility index (Phi) is 2.66. The highest BCUT2D eigenvalue weighted by Crippen LogP contribution is 2.21. The van der Waals surface area contributed by atoms with Gasteiger partial charge in [-0.2, -0.15) is 0 Å². The summed E-state index contributed by atoms with van der Waals surface area (Å²) in [5.41, 5.74) is 1.89. The molecule has 2 aromatic rings. The lowest BCUT2D eigenvalue weighted by Crippen LogP contribution is -2.21. The molecule has 2 rings (SSSR count). The summed E-state index contributed by atoms with van der Waals surface area (Å²) in [5, 5.41) is 19.0. The number of benzene rings is 1. The molecule has 0 radical (unpaired) electrons. The van der Waals surface area contributed by atoms with Crippen molar-refractivity contribution in [2.24, 2.45) is 7.05 Å². The molecule has 0 spiro atoms. The Morgan fingerprint density at radius 3 is 2.81 bits per heavy atom. The molecule has 0 saturated heterocycles. The molecule has 0 aliphatic heterocycles. The van der Waals surface area contributed by atoms with Gasteiger partial charge in [0, 0.05) is 30.6 Å². The highest BCUT2D eigenvalue weighted by molar-refractivity contribution is 5.84. The monoisotopic (exact) mass is 219 g/mol. The molecule has 2 N–H and O–H groups in total. The second-order valence-electron chi connectivity index (χ2n) is 3.84. The maximum Gasteiger partial charge on any atom is 0.332 e. The normalized spacial score (nSPS) is 12.9. The van der Waals surface area contributed by atoms with Crippen molar-refractivity contribution in [2.75, 3.05) is 0 Å². The van der Waals surface area contributed by atoms with Gasteiger partial charge in [-0.3, -0.25) is 0 Å². The van der Waals surface area contributed by atoms with Gasteiger partial charge in [0.1, 0.15) is 0 Å². The predicted molar refractivity (Wildman–Crippen MR) is 60.3 cm³/mol. The number of rotatable bonds is 3. The molecule has 0 aliphatic carbocycles. The number of carboxylic acids is 1. The zero-order valence-electron chi connectivity index (χ0n) is 8.92. The second-order valence-corrected chi connectivity index (χ2v) is 3.84. The third-order valence-corrected chi connectivity index (χ3v) is 2.68. The smallest absolute Gasteiger partial charge is 0.332 e. The van der Waals surface area contributed by atoms with Gasteiger partial charge < -0.3 is 14.8 Å². The van der Waals surface area contributed by atoms with E-state index in [9.17, 15) is 9.90 Å². The summed E-state index contributed by atoms with van der Waals surface area (Å²) in [6.45, 7) is 0. The Morgan fingerprint density at radius 2 is 2.12 bits per heavy atom. The van der Waals surface area contributed by atoms with Crippen molar-refractivity contribution in [3.63, 3.8) is 0 Å². The van der Waals surface area contributed by atoms with E-state index in [0.717, 1.165) is 16.5 Å². The number of aromatic nitrogens is 1. The van der Waals surface area contributed by atoms with Gasteiger partial charge in [0.05, 0.1) is 0 Å². The van der Waals surface area contributed by atoms with E-state index >= 15 is 0 Å². The molecule has 0 saturated carbocycles. The Bertz CT molecular complexity index is 530. The predicted octanol–water partition coefficient (Wildman–Crippen LogP) is 1.17. The first-order valence-corrected chi connectivity index (χ1v) is 5.03. The zero-order valence-corrected chi connectivity index (χ0v) is 8.92. The molecular formula is C12H13NO3. The van der Waals surface area contributed by atoms with E-state index in [2.05, 4.69) is 0 Å². The Morgan fingerprint density at radius 1 is 1.44 bits per heavy atom. The van der Waals surface area contributed by atoms with Crippen molar-refractivity contribution < 1.29 is 15.0 Å². The number of para-hydroxylation sites is 1. The van der Waals surface area contributed by atoms with Crippen LogP contribution in [-0.4, -0.2) is 26.9 Å². The fourth-order valence-corrected chi connectivity index (χ4v) is 1.88. The molecular weight excluding hydrogens is 206 g/mol. The molecule has 1 aromatic carbocycles. The molecule has 1 aromatic heterocycles. The van der Waals surface area contributed by atoms with Crippen LogP contribution in [0.5, 0.6) is 0 Å². The number of aliphatic carboxylic acids is 1. The number of fused-ring (bicyclic) bond motifs is 1. The molecule has 1 atom stereocenters. The van der Waals surface area contributed by atoms with Gasteiger partial charge in [0.25, 0.3) is 0 Å². The highest BCUT2D eigenvalue weighted by atomic mass is 16.4. The van der Waals surface area contributed by atoms with Gasteiger partial charge in [0.2, 0.25) is 0 Å². The third kappa shape index (κ3) is 1.79. The van der Waals surface area contributed by atoms with Gasteiger partial charge in [0.15, 0.2) is 6.10 Å². The van der Waals surface area contributed by atoms with E-state index < -0.39 is 12.1 Å². The van der Waals surface area contributed by atoms with E-state index in [4.69, 9.17) is 5.11 Å². The standard InChI is InChI=1S/C12H13NO3/c1-13-7-8(6-11(14)12(15)16)9-4-2-3-5-10(9)13/h2-5,7,11,14H,6H2,1H3,(H,15,16). The number of hydrogen-bond acceptors (Lipinski definition) is 2. The first-order valence-electron chi connectivity index (χ1n) is 5.03. The Balaban J connectivity index is 2.42. The average molecular weight is 219 g/mol. The van der Waals surface area contributed by atoms with Crippen LogP contribution in [0.3, 0.4) is 0 Å². The molecule has 1 heterocycles. The lowest BCUT2D eigenvalue weighted by molar-refractivity contribution is -0.146. The minimum Gasteiger partial charge on any atom is -0.479 e. The quantitative estimate of drug-likeness (QED) is 0.814. The summed E-state index contributed by atoms with van der Waals surface area (Å²) in [7, 11) is 1.90. The number of aliphatic hydroxyl groups excluding tert-OH is 1. The maximum atomic E-state index is 10.6. The van der Waals surface area contributed by atoms with Gasteiger partial charge >= 0.3 is 5.97 Å².